The first kappa shape index (κ1) is 20.6. The number of rotatable bonds is 4. The number of hydrogen-bond donors (Lipinski definition) is 1. The van der Waals surface area contributed by atoms with E-state index in [1.807, 2.05) is 0 Å². The van der Waals surface area contributed by atoms with Gasteiger partial charge in [-0.15, -0.1) is 0 Å². The van der Waals surface area contributed by atoms with Crippen LogP contribution in [-0.4, -0.2) is 29.1 Å². The SMILES string of the molecule is Cn1nccc1-c1cnc(-c2nc(Cc3c(F)ccc(F)c3F)n3cc(F)ccc23)nc1N. The van der Waals surface area contributed by atoms with Crippen LogP contribution in [0.2, 0.25) is 0 Å². The Morgan fingerprint density at radius 1 is 0.970 bits per heavy atom. The quantitative estimate of drug-likeness (QED) is 0.329. The van der Waals surface area contributed by atoms with Gasteiger partial charge in [0.2, 0.25) is 0 Å². The van der Waals surface area contributed by atoms with Gasteiger partial charge in [-0.2, -0.15) is 5.10 Å². The van der Waals surface area contributed by atoms with Crippen molar-refractivity contribution in [3.05, 3.63) is 83.6 Å². The summed E-state index contributed by atoms with van der Waals surface area (Å²) in [5, 5.41) is 4.09. The molecule has 0 saturated heterocycles. The molecule has 0 saturated carbocycles. The summed E-state index contributed by atoms with van der Waals surface area (Å²) in [5.41, 5.74) is 7.49. The van der Waals surface area contributed by atoms with Crippen LogP contribution in [0.1, 0.15) is 11.4 Å². The number of aryl methyl sites for hydroxylation is 1. The van der Waals surface area contributed by atoms with Gasteiger partial charge in [0.05, 0.1) is 16.8 Å². The number of imidazole rings is 1. The zero-order valence-corrected chi connectivity index (χ0v) is 17.1. The molecule has 0 bridgehead atoms. The van der Waals surface area contributed by atoms with Crippen LogP contribution in [0.25, 0.3) is 28.3 Å². The predicted octanol–water partition coefficient (Wildman–Crippen LogP) is 3.92. The second kappa shape index (κ2) is 7.69. The number of nitrogens with two attached hydrogens (primary N) is 1. The van der Waals surface area contributed by atoms with Gasteiger partial charge in [-0.3, -0.25) is 9.08 Å². The maximum atomic E-state index is 14.2. The molecule has 0 aliphatic carbocycles. The van der Waals surface area contributed by atoms with E-state index < -0.39 is 35.3 Å². The van der Waals surface area contributed by atoms with Crippen LogP contribution in [-0.2, 0) is 13.5 Å². The molecule has 11 heteroatoms. The average molecular weight is 453 g/mol. The number of anilines is 1. The third kappa shape index (κ3) is 3.47. The maximum Gasteiger partial charge on any atom is 0.182 e. The fourth-order valence-corrected chi connectivity index (χ4v) is 3.64. The average Bonchev–Trinajstić information content (AvgIpc) is 3.37. The number of aromatic nitrogens is 6. The highest BCUT2D eigenvalue weighted by Gasteiger charge is 2.21. The molecule has 5 rings (SSSR count). The Morgan fingerprint density at radius 2 is 1.76 bits per heavy atom. The lowest BCUT2D eigenvalue weighted by atomic mass is 10.1. The molecular weight excluding hydrogens is 438 g/mol. The smallest absolute Gasteiger partial charge is 0.182 e. The fourth-order valence-electron chi connectivity index (χ4n) is 3.64. The molecule has 0 spiro atoms. The minimum absolute atomic E-state index is 0.0702. The molecule has 0 radical (unpaired) electrons. The minimum atomic E-state index is -1.33. The first-order valence-electron chi connectivity index (χ1n) is 9.73. The van der Waals surface area contributed by atoms with Gasteiger partial charge in [0.15, 0.2) is 17.5 Å². The van der Waals surface area contributed by atoms with Crippen molar-refractivity contribution in [1.29, 1.82) is 0 Å². The molecular formula is C22H15F4N7. The standard InChI is InChI=1S/C22H15F4N7/c1-32-16(6-7-29-32)13-9-28-22(31-21(13)27)20-17-5-2-11(23)10-33(17)18(30-20)8-12-14(24)3-4-15(25)19(12)26/h2-7,9-10H,8H2,1H3,(H2,27,28,31). The third-order valence-electron chi connectivity index (χ3n) is 5.27. The maximum absolute atomic E-state index is 14.2. The van der Waals surface area contributed by atoms with Crippen molar-refractivity contribution in [2.75, 3.05) is 5.73 Å². The first-order valence-corrected chi connectivity index (χ1v) is 9.73. The first-order chi connectivity index (χ1) is 15.8. The van der Waals surface area contributed by atoms with E-state index in [-0.39, 0.29) is 23.2 Å². The lowest BCUT2D eigenvalue weighted by Crippen LogP contribution is -2.04. The molecule has 4 aromatic heterocycles. The highest BCUT2D eigenvalue weighted by Crippen LogP contribution is 2.29. The monoisotopic (exact) mass is 453 g/mol. The number of nitrogen functional groups attached to an aromatic ring is 1. The third-order valence-corrected chi connectivity index (χ3v) is 5.27. The highest BCUT2D eigenvalue weighted by atomic mass is 19.2. The molecule has 0 fully saturated rings. The Bertz CT molecular complexity index is 1520. The number of fused-ring (bicyclic) bond motifs is 1. The van der Waals surface area contributed by atoms with Gasteiger partial charge in [-0.25, -0.2) is 32.5 Å². The summed E-state index contributed by atoms with van der Waals surface area (Å²) in [7, 11) is 1.75. The molecule has 0 atom stereocenters. The Hall–Kier alpha value is -4.28. The topological polar surface area (TPSA) is 86.9 Å². The second-order valence-corrected chi connectivity index (χ2v) is 7.31. The van der Waals surface area contributed by atoms with Crippen LogP contribution in [0.4, 0.5) is 23.4 Å². The van der Waals surface area contributed by atoms with Gasteiger partial charge in [-0.1, -0.05) is 0 Å². The van der Waals surface area contributed by atoms with E-state index in [1.165, 1.54) is 22.7 Å². The van der Waals surface area contributed by atoms with Crippen molar-refractivity contribution in [1.82, 2.24) is 29.1 Å². The number of hydrogen-bond acceptors (Lipinski definition) is 5. The largest absolute Gasteiger partial charge is 0.383 e. The van der Waals surface area contributed by atoms with Crippen molar-refractivity contribution in [3.63, 3.8) is 0 Å². The zero-order chi connectivity index (χ0) is 23.3. The van der Waals surface area contributed by atoms with E-state index in [0.717, 1.165) is 12.3 Å². The highest BCUT2D eigenvalue weighted by molar-refractivity contribution is 5.77. The van der Waals surface area contributed by atoms with E-state index in [9.17, 15) is 17.6 Å². The molecule has 1 aromatic carbocycles. The molecule has 2 N–H and O–H groups in total. The lowest BCUT2D eigenvalue weighted by molar-refractivity contribution is 0.481. The normalized spacial score (nSPS) is 11.4. The summed E-state index contributed by atoms with van der Waals surface area (Å²) in [6.07, 6.45) is 3.80. The van der Waals surface area contributed by atoms with Crippen LogP contribution in [0.3, 0.4) is 0 Å². The molecule has 0 aliphatic rings. The van der Waals surface area contributed by atoms with Gasteiger partial charge in [0, 0.05) is 37.6 Å². The van der Waals surface area contributed by atoms with Crippen LogP contribution >= 0.6 is 0 Å². The molecule has 33 heavy (non-hydrogen) atoms. The van der Waals surface area contributed by atoms with Crippen LogP contribution in [0.15, 0.2) is 48.9 Å². The Morgan fingerprint density at radius 3 is 2.48 bits per heavy atom. The number of pyridine rings is 1. The minimum Gasteiger partial charge on any atom is -0.383 e. The molecule has 0 amide bonds. The molecule has 0 aliphatic heterocycles. The van der Waals surface area contributed by atoms with Gasteiger partial charge in [0.25, 0.3) is 0 Å². The van der Waals surface area contributed by atoms with Crippen molar-refractivity contribution in [2.24, 2.45) is 7.05 Å². The molecule has 0 unspecified atom stereocenters. The lowest BCUT2D eigenvalue weighted by Gasteiger charge is -2.06. The van der Waals surface area contributed by atoms with E-state index in [4.69, 9.17) is 5.73 Å². The van der Waals surface area contributed by atoms with Crippen molar-refractivity contribution in [3.8, 4) is 22.8 Å². The summed E-state index contributed by atoms with van der Waals surface area (Å²) >= 11 is 0. The van der Waals surface area contributed by atoms with Gasteiger partial charge >= 0.3 is 0 Å². The molecule has 5 aromatic rings. The van der Waals surface area contributed by atoms with E-state index in [1.54, 1.807) is 24.0 Å². The van der Waals surface area contributed by atoms with E-state index >= 15 is 0 Å². The predicted molar refractivity (Wildman–Crippen MR) is 112 cm³/mol. The van der Waals surface area contributed by atoms with Gasteiger partial charge in [-0.05, 0) is 30.3 Å². The number of benzene rings is 1. The van der Waals surface area contributed by atoms with Crippen LogP contribution < -0.4 is 5.73 Å². The Kier molecular flexibility index (Phi) is 4.81. The van der Waals surface area contributed by atoms with Gasteiger partial charge in [0.1, 0.15) is 29.0 Å². The Labute approximate surface area is 184 Å². The van der Waals surface area contributed by atoms with Crippen molar-refractivity contribution < 1.29 is 17.6 Å². The van der Waals surface area contributed by atoms with Crippen molar-refractivity contribution >= 4 is 11.3 Å². The van der Waals surface area contributed by atoms with Crippen LogP contribution in [0, 0.1) is 23.3 Å². The summed E-state index contributed by atoms with van der Waals surface area (Å²) < 4.78 is 59.1. The van der Waals surface area contributed by atoms with Gasteiger partial charge < -0.3 is 5.73 Å². The number of halogens is 4. The summed E-state index contributed by atoms with van der Waals surface area (Å²) in [6, 6.07) is 5.92. The van der Waals surface area contributed by atoms with E-state index in [2.05, 4.69) is 20.1 Å². The summed E-state index contributed by atoms with van der Waals surface area (Å²) in [5.74, 6) is -3.69. The van der Waals surface area contributed by atoms with Crippen molar-refractivity contribution in [2.45, 2.75) is 6.42 Å². The molecule has 4 heterocycles. The molecule has 166 valence electrons. The Balaban J connectivity index is 1.64. The van der Waals surface area contributed by atoms with E-state index in [0.29, 0.717) is 22.8 Å². The summed E-state index contributed by atoms with van der Waals surface area (Å²) in [6.45, 7) is 0. The second-order valence-electron chi connectivity index (χ2n) is 7.31. The fraction of sp³-hybridized carbons (Fsp3) is 0.0909. The zero-order valence-electron chi connectivity index (χ0n) is 17.1. The summed E-state index contributed by atoms with van der Waals surface area (Å²) in [4.78, 5) is 13.1. The van der Waals surface area contributed by atoms with Crippen LogP contribution in [0.5, 0.6) is 0 Å². The number of nitrogens with zero attached hydrogens (tertiary/aromatic N) is 6. The molecule has 7 nitrogen and oxygen atoms in total.